The van der Waals surface area contributed by atoms with E-state index in [0.717, 1.165) is 24.4 Å². The molecule has 1 aromatic heterocycles. The molecule has 1 aliphatic heterocycles. The molecule has 2 N–H and O–H groups in total. The summed E-state index contributed by atoms with van der Waals surface area (Å²) in [5.41, 5.74) is -0.521. The summed E-state index contributed by atoms with van der Waals surface area (Å²) in [5, 5.41) is 3.24. The van der Waals surface area contributed by atoms with Crippen LogP contribution in [0.1, 0.15) is 32.1 Å². The molecule has 1 fully saturated rings. The predicted octanol–water partition coefficient (Wildman–Crippen LogP) is 1.75. The monoisotopic (exact) mass is 332 g/mol. The van der Waals surface area contributed by atoms with Gasteiger partial charge in [0.05, 0.1) is 11.6 Å². The summed E-state index contributed by atoms with van der Waals surface area (Å²) in [7, 11) is -3.48. The van der Waals surface area contributed by atoms with Crippen molar-refractivity contribution in [1.82, 2.24) is 10.0 Å². The van der Waals surface area contributed by atoms with Crippen LogP contribution < -0.4 is 10.0 Å². The molecule has 120 valence electrons. The van der Waals surface area contributed by atoms with Crippen molar-refractivity contribution in [2.24, 2.45) is 0 Å². The number of rotatable bonds is 7. The Morgan fingerprint density at radius 2 is 2.24 bits per heavy atom. The third-order valence-electron chi connectivity index (χ3n) is 3.95. The smallest absolute Gasteiger partial charge is 0.250 e. The van der Waals surface area contributed by atoms with Crippen molar-refractivity contribution in [1.29, 1.82) is 0 Å². The second-order valence-corrected chi connectivity index (χ2v) is 8.69. The molecule has 0 bridgehead atoms. The highest BCUT2D eigenvalue weighted by molar-refractivity contribution is 7.91. The Morgan fingerprint density at radius 1 is 1.48 bits per heavy atom. The number of sulfonamides is 1. The van der Waals surface area contributed by atoms with Gasteiger partial charge in [0.25, 0.3) is 10.0 Å². The van der Waals surface area contributed by atoms with Crippen LogP contribution in [0.25, 0.3) is 0 Å². The van der Waals surface area contributed by atoms with E-state index in [-0.39, 0.29) is 6.10 Å². The standard InChI is InChI=1S/C14H24N2O3S2/c1-4-15-9-7-12-5-6-13(20-12)21(17,18)16-14(3)8-10-19-11(14)2/h5-6,11,15-16H,4,7-10H2,1-3H3. The van der Waals surface area contributed by atoms with Gasteiger partial charge in [-0.1, -0.05) is 6.92 Å². The van der Waals surface area contributed by atoms with Crippen molar-refractivity contribution in [2.45, 2.75) is 49.5 Å². The van der Waals surface area contributed by atoms with Gasteiger partial charge in [0.2, 0.25) is 0 Å². The van der Waals surface area contributed by atoms with Crippen molar-refractivity contribution in [3.63, 3.8) is 0 Å². The summed E-state index contributed by atoms with van der Waals surface area (Å²) in [6, 6.07) is 3.59. The molecule has 2 heterocycles. The van der Waals surface area contributed by atoms with Crippen LogP contribution in [-0.4, -0.2) is 39.8 Å². The third kappa shape index (κ3) is 4.04. The van der Waals surface area contributed by atoms with Crippen LogP contribution in [-0.2, 0) is 21.2 Å². The van der Waals surface area contributed by atoms with Gasteiger partial charge in [0.15, 0.2) is 0 Å². The van der Waals surface area contributed by atoms with Crippen LogP contribution in [0.15, 0.2) is 16.3 Å². The molecule has 0 amide bonds. The summed E-state index contributed by atoms with van der Waals surface area (Å²) >= 11 is 1.34. The summed E-state index contributed by atoms with van der Waals surface area (Å²) in [4.78, 5) is 1.08. The van der Waals surface area contributed by atoms with E-state index in [1.807, 2.05) is 19.9 Å². The topological polar surface area (TPSA) is 67.4 Å². The first-order chi connectivity index (χ1) is 9.87. The fourth-order valence-electron chi connectivity index (χ4n) is 2.35. The van der Waals surface area contributed by atoms with Gasteiger partial charge >= 0.3 is 0 Å². The molecule has 21 heavy (non-hydrogen) atoms. The van der Waals surface area contributed by atoms with Gasteiger partial charge in [0, 0.05) is 11.5 Å². The number of likely N-dealkylation sites (N-methyl/N-ethyl adjacent to an activating group) is 1. The number of nitrogens with one attached hydrogen (secondary N) is 2. The molecule has 1 aromatic rings. The van der Waals surface area contributed by atoms with Crippen molar-refractivity contribution < 1.29 is 13.2 Å². The van der Waals surface area contributed by atoms with E-state index >= 15 is 0 Å². The molecule has 2 rings (SSSR count). The Morgan fingerprint density at radius 3 is 2.86 bits per heavy atom. The van der Waals surface area contributed by atoms with E-state index in [2.05, 4.69) is 17.0 Å². The molecule has 0 aromatic carbocycles. The second-order valence-electron chi connectivity index (χ2n) is 5.61. The molecule has 1 saturated heterocycles. The first kappa shape index (κ1) is 16.9. The molecule has 2 unspecified atom stereocenters. The summed E-state index contributed by atoms with van der Waals surface area (Å²) in [6.45, 7) is 8.26. The van der Waals surface area contributed by atoms with Gasteiger partial charge in [-0.25, -0.2) is 13.1 Å². The highest BCUT2D eigenvalue weighted by Gasteiger charge is 2.40. The van der Waals surface area contributed by atoms with Crippen molar-refractivity contribution in [3.8, 4) is 0 Å². The molecule has 7 heteroatoms. The van der Waals surface area contributed by atoms with Gasteiger partial charge in [-0.05, 0) is 51.9 Å². The van der Waals surface area contributed by atoms with Crippen molar-refractivity contribution in [3.05, 3.63) is 17.0 Å². The lowest BCUT2D eigenvalue weighted by molar-refractivity contribution is 0.0957. The molecule has 0 saturated carbocycles. The fraction of sp³-hybridized carbons (Fsp3) is 0.714. The number of thiophene rings is 1. The fourth-order valence-corrected chi connectivity index (χ4v) is 5.20. The maximum Gasteiger partial charge on any atom is 0.250 e. The Bertz CT molecular complexity index is 571. The minimum absolute atomic E-state index is 0.111. The van der Waals surface area contributed by atoms with Gasteiger partial charge < -0.3 is 10.1 Å². The first-order valence-electron chi connectivity index (χ1n) is 7.32. The highest BCUT2D eigenvalue weighted by atomic mass is 32.2. The van der Waals surface area contributed by atoms with Crippen LogP contribution in [0.3, 0.4) is 0 Å². The van der Waals surface area contributed by atoms with Crippen LogP contribution >= 0.6 is 11.3 Å². The van der Waals surface area contributed by atoms with Crippen LogP contribution in [0.5, 0.6) is 0 Å². The minimum Gasteiger partial charge on any atom is -0.376 e. The van der Waals surface area contributed by atoms with E-state index in [1.54, 1.807) is 6.07 Å². The highest BCUT2D eigenvalue weighted by Crippen LogP contribution is 2.29. The summed E-state index contributed by atoms with van der Waals surface area (Å²) < 4.78 is 33.7. The molecule has 0 spiro atoms. The number of hydrogen-bond acceptors (Lipinski definition) is 5. The minimum atomic E-state index is -3.48. The SMILES string of the molecule is CCNCCc1ccc(S(=O)(=O)NC2(C)CCOC2C)s1. The van der Waals surface area contributed by atoms with E-state index < -0.39 is 15.6 Å². The molecule has 5 nitrogen and oxygen atoms in total. The average molecular weight is 332 g/mol. The first-order valence-corrected chi connectivity index (χ1v) is 9.62. The van der Waals surface area contributed by atoms with Crippen molar-refractivity contribution in [2.75, 3.05) is 19.7 Å². The molecular weight excluding hydrogens is 308 g/mol. The van der Waals surface area contributed by atoms with Crippen molar-refractivity contribution >= 4 is 21.4 Å². The van der Waals surface area contributed by atoms with Gasteiger partial charge in [-0.3, -0.25) is 0 Å². The normalized spacial score (nSPS) is 26.3. The molecular formula is C14H24N2O3S2. The van der Waals surface area contributed by atoms with Gasteiger partial charge in [-0.2, -0.15) is 0 Å². The maximum absolute atomic E-state index is 12.5. The molecule has 0 aliphatic carbocycles. The summed E-state index contributed by atoms with van der Waals surface area (Å²) in [5.74, 6) is 0. The third-order valence-corrected chi connectivity index (χ3v) is 7.20. The number of hydrogen-bond donors (Lipinski definition) is 2. The lowest BCUT2D eigenvalue weighted by Crippen LogP contribution is -2.50. The Hall–Kier alpha value is -0.470. The van der Waals surface area contributed by atoms with Crippen LogP contribution in [0.2, 0.25) is 0 Å². The summed E-state index contributed by atoms with van der Waals surface area (Å²) in [6.07, 6.45) is 1.44. The lowest BCUT2D eigenvalue weighted by atomic mass is 9.97. The van der Waals surface area contributed by atoms with Gasteiger partial charge in [0.1, 0.15) is 4.21 Å². The second kappa shape index (κ2) is 6.75. The molecule has 0 radical (unpaired) electrons. The largest absolute Gasteiger partial charge is 0.376 e. The Kier molecular flexibility index (Phi) is 5.43. The Labute approximate surface area is 131 Å². The van der Waals surface area contributed by atoms with Crippen LogP contribution in [0, 0.1) is 0 Å². The van der Waals surface area contributed by atoms with E-state index in [0.29, 0.717) is 17.2 Å². The molecule has 2 atom stereocenters. The maximum atomic E-state index is 12.5. The zero-order chi connectivity index (χ0) is 15.5. The molecule has 1 aliphatic rings. The van der Waals surface area contributed by atoms with Gasteiger partial charge in [-0.15, -0.1) is 11.3 Å². The average Bonchev–Trinajstić information content (AvgIpc) is 2.98. The predicted molar refractivity (Wildman–Crippen MR) is 85.3 cm³/mol. The Balaban J connectivity index is 2.06. The number of ether oxygens (including phenoxy) is 1. The van der Waals surface area contributed by atoms with E-state index in [1.165, 1.54) is 11.3 Å². The lowest BCUT2D eigenvalue weighted by Gasteiger charge is -2.28. The van der Waals surface area contributed by atoms with Crippen LogP contribution in [0.4, 0.5) is 0 Å². The zero-order valence-corrected chi connectivity index (χ0v) is 14.4. The van der Waals surface area contributed by atoms with E-state index in [9.17, 15) is 8.42 Å². The van der Waals surface area contributed by atoms with E-state index in [4.69, 9.17) is 4.74 Å². The quantitative estimate of drug-likeness (QED) is 0.747. The zero-order valence-electron chi connectivity index (χ0n) is 12.8.